The van der Waals surface area contributed by atoms with Crippen molar-refractivity contribution in [3.63, 3.8) is 0 Å². The number of unbranched alkanes of at least 4 members (excludes halogenated alkanes) is 2. The summed E-state index contributed by atoms with van der Waals surface area (Å²) in [5.41, 5.74) is 7.00. The molecule has 5 rings (SSSR count). The average molecular weight is 510 g/mol. The lowest BCUT2D eigenvalue weighted by atomic mass is 10.1. The number of aryl methyl sites for hydroxylation is 4. The van der Waals surface area contributed by atoms with Crippen LogP contribution < -0.4 is 9.64 Å². The van der Waals surface area contributed by atoms with Gasteiger partial charge in [-0.05, 0) is 92.6 Å². The predicted octanol–water partition coefficient (Wildman–Crippen LogP) is 7.38. The molecule has 1 amide bonds. The highest BCUT2D eigenvalue weighted by atomic mass is 16.5. The van der Waals surface area contributed by atoms with Gasteiger partial charge >= 0.3 is 0 Å². The highest BCUT2D eigenvalue weighted by Crippen LogP contribution is 2.33. The van der Waals surface area contributed by atoms with E-state index in [0.717, 1.165) is 54.1 Å². The van der Waals surface area contributed by atoms with Crippen molar-refractivity contribution in [1.82, 2.24) is 9.55 Å². The molecule has 1 aromatic heterocycles. The van der Waals surface area contributed by atoms with Crippen LogP contribution in [-0.2, 0) is 17.8 Å². The zero-order chi connectivity index (χ0) is 26.5. The van der Waals surface area contributed by atoms with Gasteiger partial charge in [0.05, 0.1) is 17.6 Å². The molecule has 1 atom stereocenters. The molecule has 1 fully saturated rings. The third-order valence-corrected chi connectivity index (χ3v) is 7.76. The van der Waals surface area contributed by atoms with E-state index in [1.54, 1.807) is 0 Å². The van der Waals surface area contributed by atoms with Crippen molar-refractivity contribution in [2.24, 2.45) is 0 Å². The molecule has 1 unspecified atom stereocenters. The minimum atomic E-state index is 0.0847. The molecule has 0 radical (unpaired) electrons. The first kappa shape index (κ1) is 26.0. The van der Waals surface area contributed by atoms with Gasteiger partial charge in [0.15, 0.2) is 0 Å². The number of imidazole rings is 1. The molecule has 0 spiro atoms. The van der Waals surface area contributed by atoms with Crippen LogP contribution in [0.4, 0.5) is 5.69 Å². The first-order chi connectivity index (χ1) is 18.5. The smallest absolute Gasteiger partial charge is 0.227 e. The summed E-state index contributed by atoms with van der Waals surface area (Å²) in [4.78, 5) is 20.1. The van der Waals surface area contributed by atoms with Gasteiger partial charge in [-0.3, -0.25) is 4.79 Å². The molecule has 5 heteroatoms. The monoisotopic (exact) mass is 509 g/mol. The van der Waals surface area contributed by atoms with E-state index in [-0.39, 0.29) is 11.8 Å². The molecule has 0 bridgehead atoms. The standard InChI is InChI=1S/C33H39N3O2/c1-4-5-10-26-14-16-28(17-15-26)36-23-27(22-32(36)37)33-34-30-11-6-7-12-31(30)35(33)19-8-9-20-38-29-18-13-24(2)25(3)21-29/h6-7,11-18,21,27H,4-5,8-10,19-20,22-23H2,1-3H3. The number of hydrogen-bond donors (Lipinski definition) is 0. The Morgan fingerprint density at radius 2 is 1.76 bits per heavy atom. The molecule has 0 N–H and O–H groups in total. The van der Waals surface area contributed by atoms with E-state index < -0.39 is 0 Å². The Morgan fingerprint density at radius 3 is 2.55 bits per heavy atom. The lowest BCUT2D eigenvalue weighted by Crippen LogP contribution is -2.24. The number of fused-ring (bicyclic) bond motifs is 1. The fourth-order valence-corrected chi connectivity index (χ4v) is 5.36. The van der Waals surface area contributed by atoms with Gasteiger partial charge in [-0.15, -0.1) is 0 Å². The Labute approximate surface area is 226 Å². The Bertz CT molecular complexity index is 1390. The molecule has 5 nitrogen and oxygen atoms in total. The first-order valence-electron chi connectivity index (χ1n) is 14.1. The van der Waals surface area contributed by atoms with Crippen LogP contribution in [0.15, 0.2) is 66.7 Å². The van der Waals surface area contributed by atoms with Gasteiger partial charge in [-0.1, -0.05) is 43.7 Å². The summed E-state index contributed by atoms with van der Waals surface area (Å²) in [6, 6.07) is 23.1. The van der Waals surface area contributed by atoms with Gasteiger partial charge in [0.1, 0.15) is 11.6 Å². The third-order valence-electron chi connectivity index (χ3n) is 7.76. The van der Waals surface area contributed by atoms with Crippen LogP contribution in [0.1, 0.15) is 67.5 Å². The van der Waals surface area contributed by atoms with Crippen LogP contribution in [0.2, 0.25) is 0 Å². The highest BCUT2D eigenvalue weighted by molar-refractivity contribution is 5.96. The third kappa shape index (κ3) is 5.77. The van der Waals surface area contributed by atoms with E-state index in [1.807, 2.05) is 17.0 Å². The topological polar surface area (TPSA) is 47.4 Å². The van der Waals surface area contributed by atoms with Crippen molar-refractivity contribution < 1.29 is 9.53 Å². The van der Waals surface area contributed by atoms with E-state index in [4.69, 9.17) is 9.72 Å². The van der Waals surface area contributed by atoms with Gasteiger partial charge in [0.2, 0.25) is 5.91 Å². The van der Waals surface area contributed by atoms with Crippen LogP contribution >= 0.6 is 0 Å². The molecular formula is C33H39N3O2. The van der Waals surface area contributed by atoms with Crippen LogP contribution in [0.25, 0.3) is 11.0 Å². The van der Waals surface area contributed by atoms with Crippen LogP contribution in [-0.4, -0.2) is 28.6 Å². The fourth-order valence-electron chi connectivity index (χ4n) is 5.36. The number of nitrogens with zero attached hydrogens (tertiary/aromatic N) is 3. The van der Waals surface area contributed by atoms with Crippen molar-refractivity contribution >= 4 is 22.6 Å². The molecule has 0 aliphatic carbocycles. The summed E-state index contributed by atoms with van der Waals surface area (Å²) in [6.45, 7) is 8.67. The number of carbonyl (C=O) groups is 1. The number of anilines is 1. The molecule has 198 valence electrons. The Kier molecular flexibility index (Phi) is 8.11. The number of amides is 1. The minimum absolute atomic E-state index is 0.0847. The Morgan fingerprint density at radius 1 is 0.947 bits per heavy atom. The number of hydrogen-bond acceptors (Lipinski definition) is 3. The normalized spacial score (nSPS) is 15.5. The van der Waals surface area contributed by atoms with E-state index >= 15 is 0 Å². The molecule has 1 saturated heterocycles. The predicted molar refractivity (Wildman–Crippen MR) is 155 cm³/mol. The number of para-hydroxylation sites is 2. The molecule has 0 saturated carbocycles. The van der Waals surface area contributed by atoms with Crippen molar-refractivity contribution in [2.45, 2.75) is 71.8 Å². The SMILES string of the molecule is CCCCc1ccc(N2CC(c3nc4ccccc4n3CCCCOc3ccc(C)c(C)c3)CC2=O)cc1. The summed E-state index contributed by atoms with van der Waals surface area (Å²) < 4.78 is 8.34. The minimum Gasteiger partial charge on any atom is -0.494 e. The number of ether oxygens (including phenoxy) is 1. The summed E-state index contributed by atoms with van der Waals surface area (Å²) in [7, 11) is 0. The average Bonchev–Trinajstić information content (AvgIpc) is 3.50. The number of rotatable bonds is 11. The van der Waals surface area contributed by atoms with Gasteiger partial charge < -0.3 is 14.2 Å². The van der Waals surface area contributed by atoms with Crippen LogP contribution in [0.3, 0.4) is 0 Å². The maximum absolute atomic E-state index is 13.1. The molecule has 2 heterocycles. The maximum Gasteiger partial charge on any atom is 0.227 e. The molecule has 4 aromatic rings. The number of benzene rings is 3. The largest absolute Gasteiger partial charge is 0.494 e. The van der Waals surface area contributed by atoms with Crippen LogP contribution in [0.5, 0.6) is 5.75 Å². The fraction of sp³-hybridized carbons (Fsp3) is 0.394. The van der Waals surface area contributed by atoms with Gasteiger partial charge in [-0.2, -0.15) is 0 Å². The highest BCUT2D eigenvalue weighted by Gasteiger charge is 2.34. The van der Waals surface area contributed by atoms with E-state index in [9.17, 15) is 4.79 Å². The van der Waals surface area contributed by atoms with Crippen molar-refractivity contribution in [3.05, 3.63) is 89.2 Å². The Balaban J connectivity index is 1.26. The van der Waals surface area contributed by atoms with Crippen molar-refractivity contribution in [1.29, 1.82) is 0 Å². The first-order valence-corrected chi connectivity index (χ1v) is 14.1. The second-order valence-corrected chi connectivity index (χ2v) is 10.6. The summed E-state index contributed by atoms with van der Waals surface area (Å²) in [6.07, 6.45) is 5.91. The van der Waals surface area contributed by atoms with Gasteiger partial charge in [-0.25, -0.2) is 4.98 Å². The lowest BCUT2D eigenvalue weighted by Gasteiger charge is -2.18. The number of aromatic nitrogens is 2. The second-order valence-electron chi connectivity index (χ2n) is 10.6. The van der Waals surface area contributed by atoms with E-state index in [1.165, 1.54) is 29.5 Å². The molecule has 1 aliphatic rings. The maximum atomic E-state index is 13.1. The second kappa shape index (κ2) is 11.8. The molecule has 38 heavy (non-hydrogen) atoms. The molecule has 3 aromatic carbocycles. The lowest BCUT2D eigenvalue weighted by molar-refractivity contribution is -0.117. The van der Waals surface area contributed by atoms with Crippen LogP contribution in [0, 0.1) is 13.8 Å². The van der Waals surface area contributed by atoms with E-state index in [0.29, 0.717) is 19.6 Å². The van der Waals surface area contributed by atoms with Crippen molar-refractivity contribution in [2.75, 3.05) is 18.1 Å². The Hall–Kier alpha value is -3.60. The van der Waals surface area contributed by atoms with Gasteiger partial charge in [0, 0.05) is 31.1 Å². The molecule has 1 aliphatic heterocycles. The van der Waals surface area contributed by atoms with E-state index in [2.05, 4.69) is 79.9 Å². The number of carbonyl (C=O) groups excluding carboxylic acids is 1. The zero-order valence-electron chi connectivity index (χ0n) is 23.0. The quantitative estimate of drug-likeness (QED) is 0.198. The van der Waals surface area contributed by atoms with Gasteiger partial charge in [0.25, 0.3) is 0 Å². The summed E-state index contributed by atoms with van der Waals surface area (Å²) in [5, 5.41) is 0. The molecular weight excluding hydrogens is 470 g/mol. The van der Waals surface area contributed by atoms with Crippen molar-refractivity contribution in [3.8, 4) is 5.75 Å². The zero-order valence-corrected chi connectivity index (χ0v) is 23.0. The summed E-state index contributed by atoms with van der Waals surface area (Å²) in [5.74, 6) is 2.22. The summed E-state index contributed by atoms with van der Waals surface area (Å²) >= 11 is 0.